The molecule has 0 spiro atoms. The van der Waals surface area contributed by atoms with Gasteiger partial charge in [-0.2, -0.15) is 5.10 Å². The highest BCUT2D eigenvalue weighted by Crippen LogP contribution is 2.34. The van der Waals surface area contributed by atoms with Gasteiger partial charge in [-0.1, -0.05) is 11.6 Å². The number of H-pyrrole nitrogens is 1. The second-order valence-electron chi connectivity index (χ2n) is 8.04. The number of carbonyl (C=O) groups is 1. The van der Waals surface area contributed by atoms with E-state index >= 15 is 0 Å². The number of fused-ring (bicyclic) bond motifs is 1. The number of carbonyl (C=O) groups excluding carboxylic acids is 1. The molecule has 194 valence electrons. The Morgan fingerprint density at radius 1 is 1.16 bits per heavy atom. The van der Waals surface area contributed by atoms with E-state index in [2.05, 4.69) is 25.5 Å². The Bertz CT molecular complexity index is 1410. The number of nitrogens with one attached hydrogen (secondary N) is 2. The fraction of sp³-hybridized carbons (Fsp3) is 0.250. The molecule has 4 aromatic rings. The predicted octanol–water partition coefficient (Wildman–Crippen LogP) is 4.98. The van der Waals surface area contributed by atoms with Gasteiger partial charge in [-0.05, 0) is 49.1 Å². The van der Waals surface area contributed by atoms with Gasteiger partial charge >= 0.3 is 6.03 Å². The summed E-state index contributed by atoms with van der Waals surface area (Å²) in [5, 5.41) is 18.7. The summed E-state index contributed by atoms with van der Waals surface area (Å²) in [7, 11) is 0. The number of aromatic amines is 1. The Balaban J connectivity index is 1.68. The molecule has 4 rings (SSSR count). The van der Waals surface area contributed by atoms with Gasteiger partial charge in [0, 0.05) is 36.0 Å². The van der Waals surface area contributed by atoms with Crippen LogP contribution in [-0.2, 0) is 6.61 Å². The number of rotatable bonds is 9. The Morgan fingerprint density at radius 3 is 2.59 bits per heavy atom. The number of benzene rings is 2. The molecular weight excluding hydrogens is 513 g/mol. The Morgan fingerprint density at radius 2 is 1.92 bits per heavy atom. The monoisotopic (exact) mass is 534 g/mol. The van der Waals surface area contributed by atoms with Gasteiger partial charge in [-0.25, -0.2) is 27.9 Å². The fourth-order valence-electron chi connectivity index (χ4n) is 3.77. The standard InChI is InChI=1S/C24H22ClF3N6O3/c1-13(34(5-2-6-35)24(36)32-14-3-4-19(26)18(25)7-14)17-10-29-23(37-11-22-30-12-31-33-22)16-9-21(28)20(27)8-15(16)17/h3-4,7-10,12-13,35H,2,5-6,11H2,1H3,(H,32,36)(H,30,31,33)/t13-/m0/s1. The molecule has 0 saturated heterocycles. The van der Waals surface area contributed by atoms with Crippen molar-refractivity contribution in [2.24, 2.45) is 0 Å². The molecule has 3 N–H and O–H groups in total. The molecule has 0 fully saturated rings. The van der Waals surface area contributed by atoms with Gasteiger partial charge in [0.15, 0.2) is 24.1 Å². The first-order valence-electron chi connectivity index (χ1n) is 11.2. The molecule has 0 unspecified atom stereocenters. The first kappa shape index (κ1) is 26.2. The lowest BCUT2D eigenvalue weighted by atomic mass is 10.0. The molecule has 1 atom stereocenters. The molecule has 0 aliphatic rings. The second-order valence-corrected chi connectivity index (χ2v) is 8.45. The first-order chi connectivity index (χ1) is 17.8. The highest BCUT2D eigenvalue weighted by Gasteiger charge is 2.25. The average molecular weight is 535 g/mol. The summed E-state index contributed by atoms with van der Waals surface area (Å²) >= 11 is 5.82. The SMILES string of the molecule is C[C@@H](c1cnc(OCc2nc[nH]n2)c2cc(F)c(F)cc12)N(CCCO)C(=O)Nc1ccc(F)c(Cl)c1. The van der Waals surface area contributed by atoms with Gasteiger partial charge in [-0.15, -0.1) is 0 Å². The molecule has 13 heteroatoms. The lowest BCUT2D eigenvalue weighted by Crippen LogP contribution is -2.38. The number of aliphatic hydroxyl groups is 1. The Kier molecular flexibility index (Phi) is 8.09. The maximum absolute atomic E-state index is 14.3. The topological polar surface area (TPSA) is 116 Å². The first-order valence-corrected chi connectivity index (χ1v) is 11.5. The van der Waals surface area contributed by atoms with E-state index in [0.717, 1.165) is 18.2 Å². The summed E-state index contributed by atoms with van der Waals surface area (Å²) < 4.78 is 47.7. The van der Waals surface area contributed by atoms with E-state index < -0.39 is 29.5 Å². The van der Waals surface area contributed by atoms with E-state index in [1.807, 2.05) is 0 Å². The van der Waals surface area contributed by atoms with E-state index in [1.165, 1.54) is 29.6 Å². The lowest BCUT2D eigenvalue weighted by molar-refractivity contribution is 0.182. The van der Waals surface area contributed by atoms with Crippen LogP contribution in [0, 0.1) is 17.5 Å². The van der Waals surface area contributed by atoms with Crippen molar-refractivity contribution >= 4 is 34.1 Å². The number of hydrogen-bond donors (Lipinski definition) is 3. The number of nitrogens with zero attached hydrogens (tertiary/aromatic N) is 4. The third-order valence-corrected chi connectivity index (χ3v) is 5.92. The second kappa shape index (κ2) is 11.4. The molecule has 0 aliphatic carbocycles. The fourth-order valence-corrected chi connectivity index (χ4v) is 3.95. The van der Waals surface area contributed by atoms with Crippen LogP contribution in [0.5, 0.6) is 5.88 Å². The molecular formula is C24H22ClF3N6O3. The molecule has 0 aliphatic heterocycles. The van der Waals surface area contributed by atoms with E-state index in [1.54, 1.807) is 6.92 Å². The zero-order valence-corrected chi connectivity index (χ0v) is 20.3. The van der Waals surface area contributed by atoms with Crippen LogP contribution in [0.25, 0.3) is 10.8 Å². The number of ether oxygens (including phenoxy) is 1. The number of pyridine rings is 1. The summed E-state index contributed by atoms with van der Waals surface area (Å²) in [6.07, 6.45) is 3.02. The number of aliphatic hydroxyl groups excluding tert-OH is 1. The molecule has 2 amide bonds. The largest absolute Gasteiger partial charge is 0.469 e. The van der Waals surface area contributed by atoms with Crippen molar-refractivity contribution in [1.29, 1.82) is 0 Å². The molecule has 0 radical (unpaired) electrons. The van der Waals surface area contributed by atoms with Crippen molar-refractivity contribution in [3.05, 3.63) is 76.7 Å². The third kappa shape index (κ3) is 5.92. The molecule has 0 bridgehead atoms. The molecule has 2 heterocycles. The summed E-state index contributed by atoms with van der Waals surface area (Å²) in [6.45, 7) is 1.55. The quantitative estimate of drug-likeness (QED) is 0.279. The molecule has 0 saturated carbocycles. The van der Waals surface area contributed by atoms with Crippen LogP contribution in [0.1, 0.15) is 30.8 Å². The van der Waals surface area contributed by atoms with Crippen LogP contribution in [0.2, 0.25) is 5.02 Å². The minimum atomic E-state index is -1.09. The smallest absolute Gasteiger partial charge is 0.322 e. The lowest BCUT2D eigenvalue weighted by Gasteiger charge is -2.30. The van der Waals surface area contributed by atoms with Crippen LogP contribution in [0.15, 0.2) is 42.9 Å². The summed E-state index contributed by atoms with van der Waals surface area (Å²) in [6, 6.07) is 4.43. The van der Waals surface area contributed by atoms with E-state index in [9.17, 15) is 23.1 Å². The molecule has 37 heavy (non-hydrogen) atoms. The number of amides is 2. The molecule has 2 aromatic carbocycles. The van der Waals surface area contributed by atoms with Crippen LogP contribution < -0.4 is 10.1 Å². The van der Waals surface area contributed by atoms with E-state index in [-0.39, 0.29) is 53.5 Å². The van der Waals surface area contributed by atoms with Crippen LogP contribution in [0.4, 0.5) is 23.7 Å². The van der Waals surface area contributed by atoms with Gasteiger partial charge in [0.25, 0.3) is 0 Å². The van der Waals surface area contributed by atoms with Gasteiger partial charge in [-0.3, -0.25) is 5.10 Å². The number of urea groups is 1. The summed E-state index contributed by atoms with van der Waals surface area (Å²) in [5.74, 6) is -2.45. The Labute approximate surface area is 214 Å². The highest BCUT2D eigenvalue weighted by molar-refractivity contribution is 6.31. The number of aromatic nitrogens is 4. The van der Waals surface area contributed by atoms with Gasteiger partial charge < -0.3 is 20.1 Å². The Hall–Kier alpha value is -3.90. The van der Waals surface area contributed by atoms with E-state index in [0.29, 0.717) is 11.4 Å². The third-order valence-electron chi connectivity index (χ3n) is 5.63. The van der Waals surface area contributed by atoms with Crippen molar-refractivity contribution < 1.29 is 27.8 Å². The van der Waals surface area contributed by atoms with Crippen LogP contribution >= 0.6 is 11.6 Å². The number of halogens is 4. The van der Waals surface area contributed by atoms with Crippen molar-refractivity contribution in [3.8, 4) is 5.88 Å². The maximum Gasteiger partial charge on any atom is 0.322 e. The van der Waals surface area contributed by atoms with Gasteiger partial charge in [0.1, 0.15) is 12.1 Å². The highest BCUT2D eigenvalue weighted by atomic mass is 35.5. The van der Waals surface area contributed by atoms with Crippen LogP contribution in [0.3, 0.4) is 0 Å². The van der Waals surface area contributed by atoms with Gasteiger partial charge in [0.05, 0.1) is 11.1 Å². The van der Waals surface area contributed by atoms with Crippen molar-refractivity contribution in [3.63, 3.8) is 0 Å². The molecule has 2 aromatic heterocycles. The zero-order valence-electron chi connectivity index (χ0n) is 19.5. The van der Waals surface area contributed by atoms with Crippen LogP contribution in [-0.4, -0.2) is 49.4 Å². The zero-order chi connectivity index (χ0) is 26.5. The minimum Gasteiger partial charge on any atom is -0.469 e. The normalized spacial score (nSPS) is 11.9. The molecule has 9 nitrogen and oxygen atoms in total. The summed E-state index contributed by atoms with van der Waals surface area (Å²) in [4.78, 5) is 22.8. The van der Waals surface area contributed by atoms with Gasteiger partial charge in [0.2, 0.25) is 5.88 Å². The van der Waals surface area contributed by atoms with Crippen molar-refractivity contribution in [1.82, 2.24) is 25.1 Å². The maximum atomic E-state index is 14.3. The van der Waals surface area contributed by atoms with Crippen molar-refractivity contribution in [2.45, 2.75) is 26.0 Å². The van der Waals surface area contributed by atoms with E-state index in [4.69, 9.17) is 16.3 Å². The summed E-state index contributed by atoms with van der Waals surface area (Å²) in [5.41, 5.74) is 0.661. The predicted molar refractivity (Wildman–Crippen MR) is 130 cm³/mol. The number of hydrogen-bond acceptors (Lipinski definition) is 6. The average Bonchev–Trinajstić information content (AvgIpc) is 3.39. The minimum absolute atomic E-state index is 0.0296. The van der Waals surface area contributed by atoms with Crippen molar-refractivity contribution in [2.75, 3.05) is 18.5 Å². The number of anilines is 1.